The Balaban J connectivity index is 1.54. The number of carbonyl (C=O) groups is 1. The third-order valence-corrected chi connectivity index (χ3v) is 6.33. The molecule has 2 heteroatoms. The minimum atomic E-state index is -0.233. The third kappa shape index (κ3) is 3.35. The fourth-order valence-electron chi connectivity index (χ4n) is 5.11. The van der Waals surface area contributed by atoms with Crippen LogP contribution in [0.4, 0.5) is 0 Å². The summed E-state index contributed by atoms with van der Waals surface area (Å²) in [6.45, 7) is 2.20. The largest absolute Gasteiger partial charge is 0.353 e. The molecular formula is C23H27NO. The molecule has 130 valence electrons. The van der Waals surface area contributed by atoms with Gasteiger partial charge in [-0.3, -0.25) is 4.79 Å². The van der Waals surface area contributed by atoms with Crippen molar-refractivity contribution < 1.29 is 4.79 Å². The molecule has 0 saturated heterocycles. The number of nitrogens with one attached hydrogen (secondary N) is 1. The maximum absolute atomic E-state index is 13.2. The van der Waals surface area contributed by atoms with Gasteiger partial charge >= 0.3 is 0 Å². The summed E-state index contributed by atoms with van der Waals surface area (Å²) in [5, 5.41) is 3.36. The molecule has 2 saturated carbocycles. The standard InChI is InChI=1S/C23H27NO/c1-16(21-15-17-12-13-20(21)14-17)24-23(25)22(18-8-4-2-5-9-18)19-10-6-3-7-11-19/h2-11,16-17,20-22H,12-15H2,1H3,(H,24,25)/t16-,17+,20+,21-/m0/s1. The zero-order valence-electron chi connectivity index (χ0n) is 14.9. The third-order valence-electron chi connectivity index (χ3n) is 6.33. The van der Waals surface area contributed by atoms with Crippen molar-refractivity contribution in [1.82, 2.24) is 5.32 Å². The number of carbonyl (C=O) groups excluding carboxylic acids is 1. The van der Waals surface area contributed by atoms with Crippen LogP contribution in [0.15, 0.2) is 60.7 Å². The lowest BCUT2D eigenvalue weighted by Gasteiger charge is -2.30. The predicted molar refractivity (Wildman–Crippen MR) is 101 cm³/mol. The van der Waals surface area contributed by atoms with Crippen molar-refractivity contribution >= 4 is 5.91 Å². The zero-order chi connectivity index (χ0) is 17.2. The molecule has 2 fully saturated rings. The number of amides is 1. The summed E-state index contributed by atoms with van der Waals surface area (Å²) in [6, 6.07) is 20.5. The van der Waals surface area contributed by atoms with Gasteiger partial charge in [-0.05, 0) is 55.1 Å². The Morgan fingerprint density at radius 1 is 0.920 bits per heavy atom. The quantitative estimate of drug-likeness (QED) is 0.840. The van der Waals surface area contributed by atoms with Gasteiger partial charge in [0.2, 0.25) is 5.91 Å². The first-order valence-corrected chi connectivity index (χ1v) is 9.62. The monoisotopic (exact) mass is 333 g/mol. The predicted octanol–water partition coefficient (Wildman–Crippen LogP) is 4.76. The molecule has 2 nitrogen and oxygen atoms in total. The molecule has 2 aliphatic rings. The second-order valence-electron chi connectivity index (χ2n) is 7.89. The Morgan fingerprint density at radius 3 is 2.00 bits per heavy atom. The van der Waals surface area contributed by atoms with E-state index < -0.39 is 0 Å². The maximum Gasteiger partial charge on any atom is 0.232 e. The zero-order valence-corrected chi connectivity index (χ0v) is 14.9. The Morgan fingerprint density at radius 2 is 1.52 bits per heavy atom. The van der Waals surface area contributed by atoms with Crippen LogP contribution in [0, 0.1) is 17.8 Å². The van der Waals surface area contributed by atoms with Gasteiger partial charge in [-0.1, -0.05) is 67.1 Å². The van der Waals surface area contributed by atoms with Crippen LogP contribution in [0.1, 0.15) is 49.7 Å². The molecule has 0 spiro atoms. The van der Waals surface area contributed by atoms with Crippen LogP contribution in [0.2, 0.25) is 0 Å². The first-order chi connectivity index (χ1) is 12.2. The van der Waals surface area contributed by atoms with Crippen LogP contribution < -0.4 is 5.32 Å². The molecule has 25 heavy (non-hydrogen) atoms. The van der Waals surface area contributed by atoms with E-state index in [1.165, 1.54) is 25.7 Å². The van der Waals surface area contributed by atoms with E-state index in [0.29, 0.717) is 5.92 Å². The first kappa shape index (κ1) is 16.4. The molecule has 2 aliphatic carbocycles. The molecule has 0 heterocycles. The molecule has 0 aliphatic heterocycles. The highest BCUT2D eigenvalue weighted by molar-refractivity contribution is 5.87. The normalized spacial score (nSPS) is 25.9. The number of rotatable bonds is 5. The second kappa shape index (κ2) is 7.03. The number of hydrogen-bond acceptors (Lipinski definition) is 1. The van der Waals surface area contributed by atoms with E-state index in [1.807, 2.05) is 36.4 Å². The lowest BCUT2D eigenvalue weighted by molar-refractivity contribution is -0.122. The van der Waals surface area contributed by atoms with E-state index in [4.69, 9.17) is 0 Å². The van der Waals surface area contributed by atoms with Crippen molar-refractivity contribution in [2.75, 3.05) is 0 Å². The van der Waals surface area contributed by atoms with Crippen LogP contribution >= 0.6 is 0 Å². The van der Waals surface area contributed by atoms with E-state index in [9.17, 15) is 4.79 Å². The second-order valence-corrected chi connectivity index (χ2v) is 7.89. The van der Waals surface area contributed by atoms with Gasteiger partial charge in [-0.2, -0.15) is 0 Å². The first-order valence-electron chi connectivity index (χ1n) is 9.62. The fraction of sp³-hybridized carbons (Fsp3) is 0.435. The van der Waals surface area contributed by atoms with Crippen molar-refractivity contribution in [1.29, 1.82) is 0 Å². The Kier molecular flexibility index (Phi) is 4.61. The molecule has 4 atom stereocenters. The molecule has 1 N–H and O–H groups in total. The Bertz CT molecular complexity index is 672. The fourth-order valence-corrected chi connectivity index (χ4v) is 5.11. The van der Waals surface area contributed by atoms with Crippen LogP contribution in [-0.2, 0) is 4.79 Å². The summed E-state index contributed by atoms with van der Waals surface area (Å²) in [5.41, 5.74) is 2.12. The topological polar surface area (TPSA) is 29.1 Å². The lowest BCUT2D eigenvalue weighted by atomic mass is 9.83. The van der Waals surface area contributed by atoms with Crippen molar-refractivity contribution in [3.05, 3.63) is 71.8 Å². The summed E-state index contributed by atoms with van der Waals surface area (Å²) < 4.78 is 0. The molecule has 4 rings (SSSR count). The molecule has 1 amide bonds. The van der Waals surface area contributed by atoms with Crippen LogP contribution in [0.5, 0.6) is 0 Å². The molecule has 2 bridgehead atoms. The summed E-state index contributed by atoms with van der Waals surface area (Å²) in [7, 11) is 0. The lowest BCUT2D eigenvalue weighted by Crippen LogP contribution is -2.42. The summed E-state index contributed by atoms with van der Waals surface area (Å²) in [5.74, 6) is 2.30. The summed E-state index contributed by atoms with van der Waals surface area (Å²) in [6.07, 6.45) is 5.44. The van der Waals surface area contributed by atoms with Gasteiger partial charge in [-0.25, -0.2) is 0 Å². The molecule has 0 radical (unpaired) electrons. The summed E-state index contributed by atoms with van der Waals surface area (Å²) >= 11 is 0. The average Bonchev–Trinajstić information content (AvgIpc) is 3.27. The van der Waals surface area contributed by atoms with Crippen molar-refractivity contribution in [3.63, 3.8) is 0 Å². The molecular weight excluding hydrogens is 306 g/mol. The van der Waals surface area contributed by atoms with E-state index in [-0.39, 0.29) is 17.9 Å². The molecule has 2 aromatic rings. The van der Waals surface area contributed by atoms with Crippen LogP contribution in [0.3, 0.4) is 0 Å². The van der Waals surface area contributed by atoms with Gasteiger partial charge in [0, 0.05) is 6.04 Å². The van der Waals surface area contributed by atoms with Gasteiger partial charge in [0.25, 0.3) is 0 Å². The molecule has 0 unspecified atom stereocenters. The highest BCUT2D eigenvalue weighted by Gasteiger charge is 2.42. The van der Waals surface area contributed by atoms with E-state index in [2.05, 4.69) is 36.5 Å². The number of fused-ring (bicyclic) bond motifs is 2. The van der Waals surface area contributed by atoms with Gasteiger partial charge in [0.1, 0.15) is 0 Å². The highest BCUT2D eigenvalue weighted by Crippen LogP contribution is 2.49. The van der Waals surface area contributed by atoms with E-state index >= 15 is 0 Å². The van der Waals surface area contributed by atoms with Crippen LogP contribution in [0.25, 0.3) is 0 Å². The average molecular weight is 333 g/mol. The molecule has 0 aromatic heterocycles. The number of hydrogen-bond donors (Lipinski definition) is 1. The Hall–Kier alpha value is -2.09. The number of benzene rings is 2. The maximum atomic E-state index is 13.2. The van der Waals surface area contributed by atoms with Crippen LogP contribution in [-0.4, -0.2) is 11.9 Å². The molecule has 2 aromatic carbocycles. The highest BCUT2D eigenvalue weighted by atomic mass is 16.1. The smallest absolute Gasteiger partial charge is 0.232 e. The minimum absolute atomic E-state index is 0.132. The van der Waals surface area contributed by atoms with Gasteiger partial charge < -0.3 is 5.32 Å². The Labute approximate surface area is 150 Å². The van der Waals surface area contributed by atoms with Gasteiger partial charge in [-0.15, -0.1) is 0 Å². The van der Waals surface area contributed by atoms with Crippen molar-refractivity contribution in [2.24, 2.45) is 17.8 Å². The van der Waals surface area contributed by atoms with Gasteiger partial charge in [0.15, 0.2) is 0 Å². The van der Waals surface area contributed by atoms with E-state index in [1.54, 1.807) is 0 Å². The summed E-state index contributed by atoms with van der Waals surface area (Å²) in [4.78, 5) is 13.2. The van der Waals surface area contributed by atoms with E-state index in [0.717, 1.165) is 23.0 Å². The SMILES string of the molecule is C[C@H](NC(=O)C(c1ccccc1)c1ccccc1)[C@@H]1C[C@@H]2CC[C@@H]1C2. The van der Waals surface area contributed by atoms with Gasteiger partial charge in [0.05, 0.1) is 5.92 Å². The minimum Gasteiger partial charge on any atom is -0.353 e. The van der Waals surface area contributed by atoms with Crippen molar-refractivity contribution in [3.8, 4) is 0 Å². The van der Waals surface area contributed by atoms with Crippen molar-refractivity contribution in [2.45, 2.75) is 44.6 Å².